The van der Waals surface area contributed by atoms with Gasteiger partial charge in [-0.25, -0.2) is 0 Å². The second-order valence-corrected chi connectivity index (χ2v) is 12.3. The fourth-order valence-corrected chi connectivity index (χ4v) is 7.21. The SMILES string of the molecule is c1ccc(-c2cccc(-c3cccc4c3oc3cccc(C5=c6oc7ccccc7c6=NC(c6ccc7ccccc7c6)N5)c34)c2)cc1. The summed E-state index contributed by atoms with van der Waals surface area (Å²) in [5.41, 5.74) is 10.8. The van der Waals surface area contributed by atoms with E-state index < -0.39 is 0 Å². The van der Waals surface area contributed by atoms with Crippen molar-refractivity contribution >= 4 is 49.4 Å². The summed E-state index contributed by atoms with van der Waals surface area (Å²) in [6, 6.07) is 55.0. The van der Waals surface area contributed by atoms with Gasteiger partial charge in [0.1, 0.15) is 28.3 Å². The van der Waals surface area contributed by atoms with Crippen molar-refractivity contribution in [1.82, 2.24) is 5.32 Å². The largest absolute Gasteiger partial charge is 0.455 e. The topological polar surface area (TPSA) is 50.7 Å². The van der Waals surface area contributed by atoms with Crippen LogP contribution in [0, 0.1) is 0 Å². The molecule has 2 aromatic heterocycles. The maximum Gasteiger partial charge on any atom is 0.177 e. The molecule has 3 heterocycles. The van der Waals surface area contributed by atoms with Crippen LogP contribution in [0.3, 0.4) is 0 Å². The van der Waals surface area contributed by atoms with Gasteiger partial charge in [0, 0.05) is 27.3 Å². The molecular formula is C44H28N2O2. The fourth-order valence-electron chi connectivity index (χ4n) is 7.21. The molecule has 0 amide bonds. The summed E-state index contributed by atoms with van der Waals surface area (Å²) < 4.78 is 13.3. The van der Waals surface area contributed by atoms with Crippen molar-refractivity contribution in [1.29, 1.82) is 0 Å². The van der Waals surface area contributed by atoms with Crippen LogP contribution in [0.5, 0.6) is 0 Å². The zero-order valence-corrected chi connectivity index (χ0v) is 25.9. The molecule has 1 aliphatic heterocycles. The Morgan fingerprint density at radius 1 is 0.500 bits per heavy atom. The third-order valence-corrected chi connectivity index (χ3v) is 9.50. The highest BCUT2D eigenvalue weighted by Crippen LogP contribution is 2.40. The molecule has 226 valence electrons. The number of benzene rings is 7. The van der Waals surface area contributed by atoms with Gasteiger partial charge in [0.2, 0.25) is 0 Å². The average molecular weight is 617 g/mol. The molecule has 0 saturated heterocycles. The van der Waals surface area contributed by atoms with E-state index in [0.29, 0.717) is 0 Å². The highest BCUT2D eigenvalue weighted by Gasteiger charge is 2.25. The molecule has 0 saturated carbocycles. The summed E-state index contributed by atoms with van der Waals surface area (Å²) in [4.78, 5) is 5.25. The zero-order chi connectivity index (χ0) is 31.6. The zero-order valence-electron chi connectivity index (χ0n) is 25.9. The van der Waals surface area contributed by atoms with E-state index in [2.05, 4.69) is 139 Å². The first-order valence-electron chi connectivity index (χ1n) is 16.2. The molecule has 0 bridgehead atoms. The predicted octanol–water partition coefficient (Wildman–Crippen LogP) is 9.90. The Morgan fingerprint density at radius 2 is 1.21 bits per heavy atom. The molecule has 0 aliphatic carbocycles. The first-order valence-corrected chi connectivity index (χ1v) is 16.2. The second-order valence-electron chi connectivity index (χ2n) is 12.3. The van der Waals surface area contributed by atoms with Crippen LogP contribution in [0.15, 0.2) is 172 Å². The van der Waals surface area contributed by atoms with Crippen LogP contribution in [-0.4, -0.2) is 0 Å². The molecule has 1 unspecified atom stereocenters. The van der Waals surface area contributed by atoms with Crippen molar-refractivity contribution in [2.45, 2.75) is 6.17 Å². The maximum atomic E-state index is 6.73. The molecule has 0 spiro atoms. The van der Waals surface area contributed by atoms with Gasteiger partial charge in [-0.05, 0) is 63.4 Å². The Kier molecular flexibility index (Phi) is 5.90. The lowest BCUT2D eigenvalue weighted by Gasteiger charge is -2.22. The van der Waals surface area contributed by atoms with Gasteiger partial charge in [-0.3, -0.25) is 4.99 Å². The quantitative estimate of drug-likeness (QED) is 0.214. The Hall–Kier alpha value is -6.39. The van der Waals surface area contributed by atoms with Crippen molar-refractivity contribution in [3.8, 4) is 22.3 Å². The third-order valence-electron chi connectivity index (χ3n) is 9.50. The summed E-state index contributed by atoms with van der Waals surface area (Å²) in [5, 5.41) is 10.2. The number of hydrogen-bond acceptors (Lipinski definition) is 4. The summed E-state index contributed by atoms with van der Waals surface area (Å²) in [6.45, 7) is 0. The minimum atomic E-state index is -0.303. The van der Waals surface area contributed by atoms with E-state index in [0.717, 1.165) is 71.6 Å². The Morgan fingerprint density at radius 3 is 2.15 bits per heavy atom. The smallest absolute Gasteiger partial charge is 0.177 e. The average Bonchev–Trinajstić information content (AvgIpc) is 3.73. The number of rotatable bonds is 4. The van der Waals surface area contributed by atoms with Gasteiger partial charge in [-0.1, -0.05) is 127 Å². The third kappa shape index (κ3) is 4.20. The van der Waals surface area contributed by atoms with E-state index in [1.165, 1.54) is 21.9 Å². The molecule has 48 heavy (non-hydrogen) atoms. The van der Waals surface area contributed by atoms with Crippen LogP contribution in [0.25, 0.3) is 71.6 Å². The molecule has 4 heteroatoms. The van der Waals surface area contributed by atoms with Gasteiger partial charge in [-0.15, -0.1) is 0 Å². The standard InChI is InChI=1S/C44H28N2O2/c1-2-11-27(12-3-1)30-15-8-16-31(25-30)33-18-9-20-36-39-35(19-10-22-38(39)48-42(33)36)41-43-40(34-17-6-7-21-37(34)47-43)45-44(46-41)32-24-23-28-13-4-5-14-29(28)26-32/h1-26,44,46H. The Bertz CT molecular complexity index is 2830. The number of fused-ring (bicyclic) bond motifs is 7. The van der Waals surface area contributed by atoms with E-state index in [4.69, 9.17) is 13.8 Å². The van der Waals surface area contributed by atoms with Crippen LogP contribution < -0.4 is 16.1 Å². The van der Waals surface area contributed by atoms with Crippen LogP contribution in [-0.2, 0) is 0 Å². The Balaban J connectivity index is 1.19. The van der Waals surface area contributed by atoms with Crippen LogP contribution in [0.4, 0.5) is 0 Å². The lowest BCUT2D eigenvalue weighted by Crippen LogP contribution is -2.38. The highest BCUT2D eigenvalue weighted by atomic mass is 16.3. The second kappa shape index (κ2) is 10.6. The summed E-state index contributed by atoms with van der Waals surface area (Å²) in [6.07, 6.45) is -0.303. The van der Waals surface area contributed by atoms with E-state index in [-0.39, 0.29) is 6.17 Å². The first kappa shape index (κ1) is 26.8. The molecule has 0 radical (unpaired) electrons. The fraction of sp³-hybridized carbons (Fsp3) is 0.0227. The van der Waals surface area contributed by atoms with Gasteiger partial charge in [-0.2, -0.15) is 0 Å². The normalized spacial score (nSPS) is 14.3. The molecule has 0 fully saturated rings. The van der Waals surface area contributed by atoms with Gasteiger partial charge in [0.05, 0.1) is 5.70 Å². The Labute approximate surface area is 275 Å². The van der Waals surface area contributed by atoms with Crippen molar-refractivity contribution in [2.24, 2.45) is 4.99 Å². The van der Waals surface area contributed by atoms with Crippen LogP contribution in [0.1, 0.15) is 17.3 Å². The van der Waals surface area contributed by atoms with E-state index in [1.54, 1.807) is 0 Å². The molecule has 4 nitrogen and oxygen atoms in total. The molecule has 10 rings (SSSR count). The van der Waals surface area contributed by atoms with Gasteiger partial charge in [0.15, 0.2) is 5.42 Å². The first-order chi connectivity index (χ1) is 23.8. The van der Waals surface area contributed by atoms with Crippen molar-refractivity contribution in [2.75, 3.05) is 0 Å². The van der Waals surface area contributed by atoms with Crippen molar-refractivity contribution < 1.29 is 8.83 Å². The maximum absolute atomic E-state index is 6.73. The minimum absolute atomic E-state index is 0.303. The lowest BCUT2D eigenvalue weighted by molar-refractivity contribution is 0.535. The van der Waals surface area contributed by atoms with E-state index >= 15 is 0 Å². The number of hydrogen-bond donors (Lipinski definition) is 1. The monoisotopic (exact) mass is 616 g/mol. The number of nitrogens with zero attached hydrogens (tertiary/aromatic N) is 1. The van der Waals surface area contributed by atoms with Gasteiger partial charge >= 0.3 is 0 Å². The van der Waals surface area contributed by atoms with Crippen molar-refractivity contribution in [3.63, 3.8) is 0 Å². The summed E-state index contributed by atoms with van der Waals surface area (Å²) in [7, 11) is 0. The predicted molar refractivity (Wildman–Crippen MR) is 194 cm³/mol. The number of nitrogens with one attached hydrogen (secondary N) is 1. The van der Waals surface area contributed by atoms with Crippen LogP contribution in [0.2, 0.25) is 0 Å². The molecule has 1 N–H and O–H groups in total. The number of para-hydroxylation sites is 2. The van der Waals surface area contributed by atoms with Gasteiger partial charge < -0.3 is 14.2 Å². The molecular weight excluding hydrogens is 588 g/mol. The van der Waals surface area contributed by atoms with E-state index in [9.17, 15) is 0 Å². The van der Waals surface area contributed by atoms with Gasteiger partial charge in [0.25, 0.3) is 0 Å². The molecule has 9 aromatic rings. The molecule has 7 aromatic carbocycles. The lowest BCUT2D eigenvalue weighted by atomic mass is 9.96. The molecule has 1 aliphatic rings. The summed E-state index contributed by atoms with van der Waals surface area (Å²) >= 11 is 0. The van der Waals surface area contributed by atoms with E-state index in [1.807, 2.05) is 24.3 Å². The van der Waals surface area contributed by atoms with Crippen molar-refractivity contribution in [3.05, 3.63) is 180 Å². The van der Waals surface area contributed by atoms with Crippen LogP contribution >= 0.6 is 0 Å². The molecule has 1 atom stereocenters. The highest BCUT2D eigenvalue weighted by molar-refractivity contribution is 6.13. The minimum Gasteiger partial charge on any atom is -0.455 e. The number of furan rings is 2. The summed E-state index contributed by atoms with van der Waals surface area (Å²) in [5.74, 6) is 0.